The molecular weight excluding hydrogens is 378 g/mol. The number of rotatable bonds is 5. The van der Waals surface area contributed by atoms with Crippen LogP contribution in [0.5, 0.6) is 0 Å². The summed E-state index contributed by atoms with van der Waals surface area (Å²) in [5.74, 6) is -1.29. The maximum atomic E-state index is 12.6. The molecule has 0 radical (unpaired) electrons. The van der Waals surface area contributed by atoms with E-state index in [1.807, 2.05) is 16.4 Å². The second-order valence-electron chi connectivity index (χ2n) is 6.10. The van der Waals surface area contributed by atoms with Crippen LogP contribution in [0.3, 0.4) is 0 Å². The van der Waals surface area contributed by atoms with Crippen molar-refractivity contribution in [3.63, 3.8) is 0 Å². The molecule has 1 N–H and O–H groups in total. The van der Waals surface area contributed by atoms with Gasteiger partial charge < -0.3 is 9.47 Å². The minimum atomic E-state index is -2.46. The highest BCUT2D eigenvalue weighted by Crippen LogP contribution is 2.29. The first-order chi connectivity index (χ1) is 12.5. The van der Waals surface area contributed by atoms with E-state index in [1.54, 1.807) is 24.3 Å². The van der Waals surface area contributed by atoms with Gasteiger partial charge in [0, 0.05) is 36.0 Å². The molecule has 5 nitrogen and oxygen atoms in total. The molecule has 140 valence electrons. The largest absolute Gasteiger partial charge is 0.339 e. The maximum Gasteiger partial charge on any atom is 0.288 e. The van der Waals surface area contributed by atoms with Crippen molar-refractivity contribution in [3.05, 3.63) is 40.4 Å². The molecule has 1 fully saturated rings. The molecule has 26 heavy (non-hydrogen) atoms. The zero-order valence-electron chi connectivity index (χ0n) is 14.3. The van der Waals surface area contributed by atoms with E-state index in [9.17, 15) is 13.6 Å². The first-order valence-corrected chi connectivity index (χ1v) is 9.77. The lowest BCUT2D eigenvalue weighted by atomic mass is 9.95. The number of piperidine rings is 1. The molecule has 1 aromatic carbocycles. The standard InChI is InChI=1S/C17H20F2N4OS2/c1-2-23-14(20-21-17(23)25)11-7-9-22(10-8-11)15(24)12-3-5-13(6-4-12)26-16(18)19/h3-6,11,16H,2,7-10H2,1H3,(H,21,25). The summed E-state index contributed by atoms with van der Waals surface area (Å²) in [6.45, 7) is 4.08. The van der Waals surface area contributed by atoms with E-state index in [2.05, 4.69) is 10.2 Å². The number of nitrogens with one attached hydrogen (secondary N) is 1. The van der Waals surface area contributed by atoms with Crippen LogP contribution in [0.1, 0.15) is 41.9 Å². The van der Waals surface area contributed by atoms with E-state index in [0.29, 0.717) is 40.1 Å². The van der Waals surface area contributed by atoms with Crippen LogP contribution in [0.4, 0.5) is 8.78 Å². The van der Waals surface area contributed by atoms with Crippen molar-refractivity contribution in [2.45, 2.75) is 42.9 Å². The zero-order valence-corrected chi connectivity index (χ0v) is 16.0. The average Bonchev–Trinajstić information content (AvgIpc) is 3.02. The van der Waals surface area contributed by atoms with Gasteiger partial charge in [-0.3, -0.25) is 9.89 Å². The SMILES string of the molecule is CCn1c(C2CCN(C(=O)c3ccc(SC(F)F)cc3)CC2)n[nH]c1=S. The van der Waals surface area contributed by atoms with Gasteiger partial charge in [0.15, 0.2) is 4.77 Å². The number of thioether (sulfide) groups is 1. The average molecular weight is 399 g/mol. The predicted octanol–water partition coefficient (Wildman–Crippen LogP) is 4.30. The normalized spacial score (nSPS) is 15.6. The first-order valence-electron chi connectivity index (χ1n) is 8.48. The quantitative estimate of drug-likeness (QED) is 0.603. The van der Waals surface area contributed by atoms with Gasteiger partial charge in [-0.1, -0.05) is 11.8 Å². The highest BCUT2D eigenvalue weighted by molar-refractivity contribution is 7.99. The number of H-pyrrole nitrogens is 1. The minimum Gasteiger partial charge on any atom is -0.339 e. The number of aromatic amines is 1. The third kappa shape index (κ3) is 4.15. The molecule has 0 unspecified atom stereocenters. The Morgan fingerprint density at radius 1 is 1.35 bits per heavy atom. The van der Waals surface area contributed by atoms with E-state index in [-0.39, 0.29) is 11.8 Å². The third-order valence-corrected chi connectivity index (χ3v) is 5.61. The summed E-state index contributed by atoms with van der Waals surface area (Å²) >= 11 is 5.72. The molecule has 3 rings (SSSR count). The van der Waals surface area contributed by atoms with Crippen LogP contribution < -0.4 is 0 Å². The Kier molecular flexibility index (Phi) is 6.08. The number of likely N-dealkylation sites (tertiary alicyclic amines) is 1. The van der Waals surface area contributed by atoms with Gasteiger partial charge in [-0.25, -0.2) is 0 Å². The summed E-state index contributed by atoms with van der Waals surface area (Å²) < 4.78 is 27.4. The van der Waals surface area contributed by atoms with Crippen LogP contribution in [0.25, 0.3) is 0 Å². The lowest BCUT2D eigenvalue weighted by Gasteiger charge is -2.31. The number of hydrogen-bond acceptors (Lipinski definition) is 4. The molecule has 1 aromatic heterocycles. The lowest BCUT2D eigenvalue weighted by molar-refractivity contribution is 0.0710. The van der Waals surface area contributed by atoms with Gasteiger partial charge in [-0.15, -0.1) is 0 Å². The second-order valence-corrected chi connectivity index (χ2v) is 7.55. The van der Waals surface area contributed by atoms with Crippen molar-refractivity contribution < 1.29 is 13.6 Å². The Labute approximate surface area is 159 Å². The topological polar surface area (TPSA) is 53.9 Å². The number of aromatic nitrogens is 3. The van der Waals surface area contributed by atoms with Crippen LogP contribution in [0, 0.1) is 4.77 Å². The Bertz CT molecular complexity index is 811. The van der Waals surface area contributed by atoms with Crippen LogP contribution in [-0.2, 0) is 6.54 Å². The molecule has 2 aromatic rings. The zero-order chi connectivity index (χ0) is 18.7. The molecule has 0 bridgehead atoms. The number of hydrogen-bond donors (Lipinski definition) is 1. The second kappa shape index (κ2) is 8.30. The molecule has 0 saturated carbocycles. The Balaban J connectivity index is 1.62. The summed E-state index contributed by atoms with van der Waals surface area (Å²) in [4.78, 5) is 14.9. The van der Waals surface area contributed by atoms with E-state index in [1.165, 1.54) is 0 Å². The summed E-state index contributed by atoms with van der Waals surface area (Å²) in [5.41, 5.74) is 0.526. The number of carbonyl (C=O) groups excluding carboxylic acids is 1. The van der Waals surface area contributed by atoms with Gasteiger partial charge in [-0.05, 0) is 56.2 Å². The Morgan fingerprint density at radius 3 is 2.58 bits per heavy atom. The number of amides is 1. The summed E-state index contributed by atoms with van der Waals surface area (Å²) in [5, 5.41) is 7.19. The van der Waals surface area contributed by atoms with E-state index >= 15 is 0 Å². The van der Waals surface area contributed by atoms with Gasteiger partial charge in [0.2, 0.25) is 0 Å². The van der Waals surface area contributed by atoms with E-state index in [0.717, 1.165) is 25.2 Å². The van der Waals surface area contributed by atoms with Gasteiger partial charge >= 0.3 is 0 Å². The smallest absolute Gasteiger partial charge is 0.288 e. The van der Waals surface area contributed by atoms with Crippen molar-refractivity contribution in [1.29, 1.82) is 0 Å². The van der Waals surface area contributed by atoms with Crippen molar-refractivity contribution >= 4 is 29.9 Å². The number of alkyl halides is 2. The van der Waals surface area contributed by atoms with Crippen LogP contribution >= 0.6 is 24.0 Å². The Morgan fingerprint density at radius 2 is 2.00 bits per heavy atom. The maximum absolute atomic E-state index is 12.6. The van der Waals surface area contributed by atoms with Gasteiger partial charge in [0.1, 0.15) is 5.82 Å². The summed E-state index contributed by atoms with van der Waals surface area (Å²) in [6, 6.07) is 6.36. The molecule has 0 aliphatic carbocycles. The van der Waals surface area contributed by atoms with Crippen LogP contribution in [0.2, 0.25) is 0 Å². The van der Waals surface area contributed by atoms with Gasteiger partial charge in [0.25, 0.3) is 11.7 Å². The fourth-order valence-corrected chi connectivity index (χ4v) is 4.02. The molecule has 2 heterocycles. The monoisotopic (exact) mass is 398 g/mol. The van der Waals surface area contributed by atoms with Gasteiger partial charge in [-0.2, -0.15) is 13.9 Å². The Hall–Kier alpha value is -1.74. The number of halogens is 2. The summed E-state index contributed by atoms with van der Waals surface area (Å²) in [6.07, 6.45) is 1.65. The van der Waals surface area contributed by atoms with Gasteiger partial charge in [0.05, 0.1) is 0 Å². The number of benzene rings is 1. The van der Waals surface area contributed by atoms with Crippen molar-refractivity contribution in [2.24, 2.45) is 0 Å². The minimum absolute atomic E-state index is 0.0635. The highest BCUT2D eigenvalue weighted by Gasteiger charge is 2.27. The lowest BCUT2D eigenvalue weighted by Crippen LogP contribution is -2.38. The summed E-state index contributed by atoms with van der Waals surface area (Å²) in [7, 11) is 0. The fourth-order valence-electron chi connectivity index (χ4n) is 3.25. The third-order valence-electron chi connectivity index (χ3n) is 4.58. The number of nitrogens with zero attached hydrogens (tertiary/aromatic N) is 3. The number of carbonyl (C=O) groups is 1. The van der Waals surface area contributed by atoms with Crippen LogP contribution in [0.15, 0.2) is 29.2 Å². The van der Waals surface area contributed by atoms with Crippen molar-refractivity contribution in [3.8, 4) is 0 Å². The van der Waals surface area contributed by atoms with E-state index in [4.69, 9.17) is 12.2 Å². The molecule has 1 saturated heterocycles. The molecule has 1 aliphatic rings. The molecule has 0 spiro atoms. The predicted molar refractivity (Wildman–Crippen MR) is 99.3 cm³/mol. The highest BCUT2D eigenvalue weighted by atomic mass is 32.2. The fraction of sp³-hybridized carbons (Fsp3) is 0.471. The molecular formula is C17H20F2N4OS2. The van der Waals surface area contributed by atoms with E-state index < -0.39 is 5.76 Å². The molecule has 1 amide bonds. The van der Waals surface area contributed by atoms with Crippen molar-refractivity contribution in [1.82, 2.24) is 19.7 Å². The van der Waals surface area contributed by atoms with Crippen molar-refractivity contribution in [2.75, 3.05) is 13.1 Å². The molecule has 1 aliphatic heterocycles. The van der Waals surface area contributed by atoms with Crippen LogP contribution in [-0.4, -0.2) is 44.4 Å². The molecule has 9 heteroatoms. The first kappa shape index (κ1) is 19.0. The molecule has 0 atom stereocenters.